The Bertz CT molecular complexity index is 1180. The summed E-state index contributed by atoms with van der Waals surface area (Å²) in [6, 6.07) is 2.03. The number of alkyl carbamates (subject to hydrolysis) is 1. The lowest BCUT2D eigenvalue weighted by molar-refractivity contribution is -0.147. The standard InChI is InChI=1S/C25H28F2N2O6S/c1-6-34-23(32)13-10-14-17(11-13)36-22(18(14)20(30)19-15(26)8-7-9-16(19)27)29-21(31)12(2)28-24(33)35-25(3,4)5/h7-9,12-13H,6,10-11H2,1-5H3,(H,28,33)(H,29,31)/t12-,13?/m0/s1. The Morgan fingerprint density at radius 2 is 1.75 bits per heavy atom. The molecule has 0 aliphatic heterocycles. The molecular formula is C25H28F2N2O6S. The van der Waals surface area contributed by atoms with Gasteiger partial charge in [-0.25, -0.2) is 13.6 Å². The van der Waals surface area contributed by atoms with Gasteiger partial charge in [0.05, 0.1) is 23.7 Å². The largest absolute Gasteiger partial charge is 0.466 e. The zero-order valence-corrected chi connectivity index (χ0v) is 21.4. The number of ether oxygens (including phenoxy) is 2. The highest BCUT2D eigenvalue weighted by atomic mass is 32.1. The number of rotatable bonds is 7. The number of thiophene rings is 1. The second kappa shape index (κ2) is 10.7. The molecule has 8 nitrogen and oxygen atoms in total. The molecule has 1 aromatic heterocycles. The van der Waals surface area contributed by atoms with Crippen molar-refractivity contribution >= 4 is 40.1 Å². The molecule has 2 N–H and O–H groups in total. The van der Waals surface area contributed by atoms with Gasteiger partial charge in [0.2, 0.25) is 11.7 Å². The number of hydrogen-bond donors (Lipinski definition) is 2. The van der Waals surface area contributed by atoms with Gasteiger partial charge >= 0.3 is 12.1 Å². The first-order valence-corrected chi connectivity index (χ1v) is 12.2. The van der Waals surface area contributed by atoms with Gasteiger partial charge in [0.25, 0.3) is 0 Å². The van der Waals surface area contributed by atoms with Gasteiger partial charge in [-0.05, 0) is 65.2 Å². The molecular weight excluding hydrogens is 494 g/mol. The molecule has 1 unspecified atom stereocenters. The minimum atomic E-state index is -1.04. The number of halogens is 2. The smallest absolute Gasteiger partial charge is 0.408 e. The lowest BCUT2D eigenvalue weighted by atomic mass is 9.98. The predicted octanol–water partition coefficient (Wildman–Crippen LogP) is 4.39. The van der Waals surface area contributed by atoms with Crippen LogP contribution >= 0.6 is 11.3 Å². The van der Waals surface area contributed by atoms with Crippen LogP contribution < -0.4 is 10.6 Å². The number of hydrogen-bond acceptors (Lipinski definition) is 7. The van der Waals surface area contributed by atoms with Crippen molar-refractivity contribution in [2.45, 2.75) is 59.1 Å². The molecule has 1 aliphatic carbocycles. The van der Waals surface area contributed by atoms with Crippen LogP contribution in [-0.2, 0) is 31.9 Å². The molecule has 0 saturated carbocycles. The van der Waals surface area contributed by atoms with Crippen LogP contribution in [0.5, 0.6) is 0 Å². The number of benzene rings is 1. The minimum Gasteiger partial charge on any atom is -0.466 e. The van der Waals surface area contributed by atoms with E-state index in [1.807, 2.05) is 0 Å². The summed E-state index contributed by atoms with van der Waals surface area (Å²) in [7, 11) is 0. The van der Waals surface area contributed by atoms with E-state index in [-0.39, 0.29) is 30.0 Å². The van der Waals surface area contributed by atoms with Crippen molar-refractivity contribution in [3.05, 3.63) is 51.4 Å². The van der Waals surface area contributed by atoms with Gasteiger partial charge in [-0.1, -0.05) is 6.07 Å². The summed E-state index contributed by atoms with van der Waals surface area (Å²) in [5.74, 6) is -4.67. The summed E-state index contributed by atoms with van der Waals surface area (Å²) in [6.07, 6.45) is -0.412. The molecule has 1 heterocycles. The van der Waals surface area contributed by atoms with E-state index in [1.165, 1.54) is 6.92 Å². The molecule has 2 aromatic rings. The third-order valence-corrected chi connectivity index (χ3v) is 6.54. The molecule has 2 atom stereocenters. The first kappa shape index (κ1) is 27.3. The second-order valence-electron chi connectivity index (χ2n) is 9.35. The van der Waals surface area contributed by atoms with E-state index in [0.717, 1.165) is 29.5 Å². The molecule has 3 rings (SSSR count). The van der Waals surface area contributed by atoms with Crippen LogP contribution in [-0.4, -0.2) is 42.0 Å². The van der Waals surface area contributed by atoms with E-state index >= 15 is 0 Å². The van der Waals surface area contributed by atoms with Crippen molar-refractivity contribution in [1.29, 1.82) is 0 Å². The molecule has 11 heteroatoms. The minimum absolute atomic E-state index is 0.0800. The normalized spacial score (nSPS) is 15.6. The van der Waals surface area contributed by atoms with Gasteiger partial charge in [-0.3, -0.25) is 14.4 Å². The molecule has 0 saturated heterocycles. The second-order valence-corrected chi connectivity index (χ2v) is 10.5. The molecule has 194 valence electrons. The lowest BCUT2D eigenvalue weighted by Gasteiger charge is -2.21. The van der Waals surface area contributed by atoms with Crippen molar-refractivity contribution in [1.82, 2.24) is 5.32 Å². The number of nitrogens with one attached hydrogen (secondary N) is 2. The van der Waals surface area contributed by atoms with Gasteiger partial charge in [0, 0.05) is 4.88 Å². The number of ketones is 1. The molecule has 36 heavy (non-hydrogen) atoms. The van der Waals surface area contributed by atoms with Crippen molar-refractivity contribution < 1.29 is 37.4 Å². The van der Waals surface area contributed by atoms with Gasteiger partial charge in [0.15, 0.2) is 0 Å². The monoisotopic (exact) mass is 522 g/mol. The van der Waals surface area contributed by atoms with Gasteiger partial charge in [0.1, 0.15) is 28.3 Å². The fourth-order valence-electron chi connectivity index (χ4n) is 3.80. The Hall–Kier alpha value is -3.34. The van der Waals surface area contributed by atoms with Crippen LogP contribution in [0.3, 0.4) is 0 Å². The van der Waals surface area contributed by atoms with E-state index in [9.17, 15) is 28.0 Å². The number of esters is 1. The number of carbonyl (C=O) groups is 4. The Morgan fingerprint density at radius 3 is 2.33 bits per heavy atom. The summed E-state index contributed by atoms with van der Waals surface area (Å²) in [6.45, 7) is 8.32. The summed E-state index contributed by atoms with van der Waals surface area (Å²) < 4.78 is 39.2. The van der Waals surface area contributed by atoms with E-state index < -0.39 is 58.5 Å². The number of amides is 2. The van der Waals surface area contributed by atoms with Crippen molar-refractivity contribution in [3.63, 3.8) is 0 Å². The first-order chi connectivity index (χ1) is 16.8. The van der Waals surface area contributed by atoms with Crippen molar-refractivity contribution in [2.24, 2.45) is 5.92 Å². The maximum Gasteiger partial charge on any atom is 0.408 e. The molecule has 1 aromatic carbocycles. The Kier molecular flexibility index (Phi) is 8.12. The Morgan fingerprint density at radius 1 is 1.11 bits per heavy atom. The number of carbonyl (C=O) groups excluding carboxylic acids is 4. The molecule has 0 fully saturated rings. The van der Waals surface area contributed by atoms with E-state index in [2.05, 4.69) is 10.6 Å². The summed E-state index contributed by atoms with van der Waals surface area (Å²) in [5.41, 5.74) is -1.17. The zero-order valence-electron chi connectivity index (χ0n) is 20.6. The summed E-state index contributed by atoms with van der Waals surface area (Å²) in [4.78, 5) is 51.2. The highest BCUT2D eigenvalue weighted by molar-refractivity contribution is 7.17. The molecule has 0 bridgehead atoms. The number of fused-ring (bicyclic) bond motifs is 1. The maximum absolute atomic E-state index is 14.5. The van der Waals surface area contributed by atoms with E-state index in [0.29, 0.717) is 10.4 Å². The molecule has 2 amide bonds. The van der Waals surface area contributed by atoms with Gasteiger partial charge < -0.3 is 20.1 Å². The molecule has 0 radical (unpaired) electrons. The Balaban J connectivity index is 1.92. The van der Waals surface area contributed by atoms with Crippen molar-refractivity contribution in [3.8, 4) is 0 Å². The van der Waals surface area contributed by atoms with Crippen LogP contribution in [0, 0.1) is 17.6 Å². The summed E-state index contributed by atoms with van der Waals surface area (Å²) in [5, 5.41) is 5.08. The fraction of sp³-hybridized carbons (Fsp3) is 0.440. The van der Waals surface area contributed by atoms with Gasteiger partial charge in [-0.2, -0.15) is 0 Å². The molecule has 1 aliphatic rings. The average molecular weight is 523 g/mol. The number of anilines is 1. The van der Waals surface area contributed by atoms with Crippen LogP contribution in [0.4, 0.5) is 18.6 Å². The predicted molar refractivity (Wildman–Crippen MR) is 129 cm³/mol. The lowest BCUT2D eigenvalue weighted by Crippen LogP contribution is -2.44. The average Bonchev–Trinajstić information content (AvgIpc) is 3.29. The quantitative estimate of drug-likeness (QED) is 0.412. The highest BCUT2D eigenvalue weighted by Gasteiger charge is 2.37. The first-order valence-electron chi connectivity index (χ1n) is 11.4. The SMILES string of the molecule is CCOC(=O)C1Cc2sc(NC(=O)[C@H](C)NC(=O)OC(C)(C)C)c(C(=O)c3c(F)cccc3F)c2C1. The van der Waals surface area contributed by atoms with E-state index in [4.69, 9.17) is 9.47 Å². The summed E-state index contributed by atoms with van der Waals surface area (Å²) >= 11 is 1.05. The molecule has 0 spiro atoms. The third kappa shape index (κ3) is 6.07. The maximum atomic E-state index is 14.5. The third-order valence-electron chi connectivity index (χ3n) is 5.37. The highest BCUT2D eigenvalue weighted by Crippen LogP contribution is 2.43. The van der Waals surface area contributed by atoms with E-state index in [1.54, 1.807) is 27.7 Å². The van der Waals surface area contributed by atoms with Crippen LogP contribution in [0.1, 0.15) is 61.0 Å². The topological polar surface area (TPSA) is 111 Å². The van der Waals surface area contributed by atoms with Crippen LogP contribution in [0.2, 0.25) is 0 Å². The van der Waals surface area contributed by atoms with Crippen LogP contribution in [0.15, 0.2) is 18.2 Å². The Labute approximate surface area is 211 Å². The van der Waals surface area contributed by atoms with Crippen LogP contribution in [0.25, 0.3) is 0 Å². The fourth-order valence-corrected chi connectivity index (χ4v) is 5.11. The van der Waals surface area contributed by atoms with Gasteiger partial charge in [-0.15, -0.1) is 11.3 Å². The van der Waals surface area contributed by atoms with Crippen molar-refractivity contribution in [2.75, 3.05) is 11.9 Å². The zero-order chi connectivity index (χ0) is 26.8.